The van der Waals surface area contributed by atoms with Crippen LogP contribution in [0.25, 0.3) is 0 Å². The van der Waals surface area contributed by atoms with Gasteiger partial charge in [0.25, 0.3) is 0 Å². The van der Waals surface area contributed by atoms with E-state index in [1.54, 1.807) is 6.92 Å². The molecule has 5 nitrogen and oxygen atoms in total. The van der Waals surface area contributed by atoms with E-state index in [4.69, 9.17) is 14.6 Å². The molecule has 0 spiro atoms. The van der Waals surface area contributed by atoms with E-state index < -0.39 is 5.97 Å². The molecule has 2 bridgehead atoms. The van der Waals surface area contributed by atoms with Crippen molar-refractivity contribution in [1.82, 2.24) is 0 Å². The third-order valence-electron chi connectivity index (χ3n) is 4.47. The Morgan fingerprint density at radius 2 is 2.00 bits per heavy atom. The molecule has 0 aromatic rings. The first-order valence-electron chi connectivity index (χ1n) is 7.59. The highest BCUT2D eigenvalue weighted by molar-refractivity contribution is 8.13. The summed E-state index contributed by atoms with van der Waals surface area (Å²) in [6, 6.07) is 0. The number of hydrogen-bond donors (Lipinski definition) is 1. The standard InChI is InChI=1S/C15H24O5S/c1-9(19-7-15(17)18)3-4-11-12(8-21-10(2)16)14-6-5-13(11)20-14/h9,11-14H,3-8H2,1-2H3,(H,17,18)/t9-,11?,12-,13+,14-/m0/s1. The van der Waals surface area contributed by atoms with Gasteiger partial charge in [0.1, 0.15) is 6.61 Å². The molecule has 1 unspecified atom stereocenters. The van der Waals surface area contributed by atoms with Gasteiger partial charge in [-0.25, -0.2) is 4.79 Å². The number of carbonyl (C=O) groups is 2. The van der Waals surface area contributed by atoms with Gasteiger partial charge in [-0.1, -0.05) is 11.8 Å². The summed E-state index contributed by atoms with van der Waals surface area (Å²) in [5.41, 5.74) is 0. The Balaban J connectivity index is 1.79. The molecule has 1 N–H and O–H groups in total. The second-order valence-corrected chi connectivity index (χ2v) is 7.21. The number of fused-ring (bicyclic) bond motifs is 2. The molecule has 0 aromatic heterocycles. The van der Waals surface area contributed by atoms with Crippen LogP contribution in [0.5, 0.6) is 0 Å². The van der Waals surface area contributed by atoms with Crippen LogP contribution in [-0.2, 0) is 19.1 Å². The maximum absolute atomic E-state index is 11.2. The van der Waals surface area contributed by atoms with Crippen molar-refractivity contribution in [3.05, 3.63) is 0 Å². The predicted octanol–water partition coefficient (Wildman–Crippen LogP) is 2.33. The minimum atomic E-state index is -0.930. The van der Waals surface area contributed by atoms with Gasteiger partial charge in [0.2, 0.25) is 0 Å². The first kappa shape index (κ1) is 16.8. The van der Waals surface area contributed by atoms with E-state index in [9.17, 15) is 9.59 Å². The van der Waals surface area contributed by atoms with Gasteiger partial charge in [-0.05, 0) is 44.4 Å². The zero-order valence-electron chi connectivity index (χ0n) is 12.6. The van der Waals surface area contributed by atoms with E-state index in [1.165, 1.54) is 11.8 Å². The quantitative estimate of drug-likeness (QED) is 0.741. The number of hydrogen-bond acceptors (Lipinski definition) is 5. The Hall–Kier alpha value is -0.590. The van der Waals surface area contributed by atoms with Gasteiger partial charge in [0.05, 0.1) is 18.3 Å². The second kappa shape index (κ2) is 7.61. The van der Waals surface area contributed by atoms with Gasteiger partial charge < -0.3 is 14.6 Å². The third kappa shape index (κ3) is 4.69. The maximum atomic E-state index is 11.2. The van der Waals surface area contributed by atoms with Gasteiger partial charge in [-0.3, -0.25) is 4.79 Å². The van der Waals surface area contributed by atoms with Crippen LogP contribution in [0.4, 0.5) is 0 Å². The van der Waals surface area contributed by atoms with Crippen LogP contribution in [0.1, 0.15) is 39.5 Å². The predicted molar refractivity (Wildman–Crippen MR) is 80.3 cm³/mol. The molecule has 6 heteroatoms. The lowest BCUT2D eigenvalue weighted by Gasteiger charge is -2.28. The van der Waals surface area contributed by atoms with Crippen molar-refractivity contribution in [3.63, 3.8) is 0 Å². The smallest absolute Gasteiger partial charge is 0.329 e. The lowest BCUT2D eigenvalue weighted by molar-refractivity contribution is -0.144. The van der Waals surface area contributed by atoms with Crippen molar-refractivity contribution in [3.8, 4) is 0 Å². The third-order valence-corrected chi connectivity index (χ3v) is 5.43. The number of rotatable bonds is 8. The zero-order valence-corrected chi connectivity index (χ0v) is 13.4. The molecular weight excluding hydrogens is 292 g/mol. The Kier molecular flexibility index (Phi) is 6.08. The minimum Gasteiger partial charge on any atom is -0.480 e. The van der Waals surface area contributed by atoms with Gasteiger partial charge in [0.15, 0.2) is 5.12 Å². The largest absolute Gasteiger partial charge is 0.480 e. The molecule has 2 aliphatic heterocycles. The van der Waals surface area contributed by atoms with Crippen LogP contribution in [-0.4, -0.2) is 46.9 Å². The van der Waals surface area contributed by atoms with Crippen molar-refractivity contribution in [2.75, 3.05) is 12.4 Å². The molecule has 2 fully saturated rings. The molecule has 2 saturated heterocycles. The summed E-state index contributed by atoms with van der Waals surface area (Å²) in [6.07, 6.45) is 4.61. The first-order valence-corrected chi connectivity index (χ1v) is 8.58. The summed E-state index contributed by atoms with van der Waals surface area (Å²) in [7, 11) is 0. The van der Waals surface area contributed by atoms with Crippen LogP contribution < -0.4 is 0 Å². The maximum Gasteiger partial charge on any atom is 0.329 e. The average Bonchev–Trinajstić information content (AvgIpc) is 3.01. The molecule has 2 heterocycles. The van der Waals surface area contributed by atoms with Gasteiger partial charge in [-0.2, -0.15) is 0 Å². The van der Waals surface area contributed by atoms with Crippen LogP contribution in [0.3, 0.4) is 0 Å². The monoisotopic (exact) mass is 316 g/mol. The van der Waals surface area contributed by atoms with Gasteiger partial charge in [0, 0.05) is 12.7 Å². The molecule has 0 aromatic carbocycles. The van der Waals surface area contributed by atoms with Crippen molar-refractivity contribution < 1.29 is 24.2 Å². The lowest BCUT2D eigenvalue weighted by Crippen LogP contribution is -2.30. The fourth-order valence-corrected chi connectivity index (χ4v) is 4.33. The van der Waals surface area contributed by atoms with E-state index in [0.717, 1.165) is 31.4 Å². The normalized spacial score (nSPS) is 32.3. The molecule has 0 saturated carbocycles. The van der Waals surface area contributed by atoms with E-state index in [2.05, 4.69) is 0 Å². The summed E-state index contributed by atoms with van der Waals surface area (Å²) in [4.78, 5) is 21.7. The molecule has 120 valence electrons. The molecule has 2 rings (SSSR count). The van der Waals surface area contributed by atoms with E-state index in [-0.39, 0.29) is 17.8 Å². The van der Waals surface area contributed by atoms with Crippen molar-refractivity contribution in [2.45, 2.75) is 57.8 Å². The summed E-state index contributed by atoms with van der Waals surface area (Å²) in [5, 5.41) is 8.77. The first-order chi connectivity index (χ1) is 9.97. The van der Waals surface area contributed by atoms with Crippen molar-refractivity contribution in [1.29, 1.82) is 0 Å². The molecule has 0 amide bonds. The highest BCUT2D eigenvalue weighted by Gasteiger charge is 2.48. The number of ether oxygens (including phenoxy) is 2. The summed E-state index contributed by atoms with van der Waals surface area (Å²) in [6.45, 7) is 3.28. The molecule has 0 radical (unpaired) electrons. The van der Waals surface area contributed by atoms with E-state index in [0.29, 0.717) is 24.0 Å². The molecule has 2 aliphatic rings. The summed E-state index contributed by atoms with van der Waals surface area (Å²) in [5.74, 6) is 0.836. The lowest BCUT2D eigenvalue weighted by atomic mass is 9.77. The number of aliphatic carboxylic acids is 1. The SMILES string of the molecule is CC(=O)SC[C@H]1C(CC[C@H](C)OCC(=O)O)[C@H]2CC[C@@H]1O2. The van der Waals surface area contributed by atoms with E-state index >= 15 is 0 Å². The topological polar surface area (TPSA) is 72.8 Å². The number of carbonyl (C=O) groups excluding carboxylic acids is 1. The average molecular weight is 316 g/mol. The molecule has 0 aliphatic carbocycles. The number of thioether (sulfide) groups is 1. The molecule has 21 heavy (non-hydrogen) atoms. The fraction of sp³-hybridized carbons (Fsp3) is 0.867. The van der Waals surface area contributed by atoms with Crippen LogP contribution >= 0.6 is 11.8 Å². The minimum absolute atomic E-state index is 0.0543. The van der Waals surface area contributed by atoms with Gasteiger partial charge >= 0.3 is 5.97 Å². The number of carboxylic acids is 1. The van der Waals surface area contributed by atoms with E-state index in [1.807, 2.05) is 6.92 Å². The van der Waals surface area contributed by atoms with Crippen LogP contribution in [0.15, 0.2) is 0 Å². The zero-order chi connectivity index (χ0) is 15.4. The Morgan fingerprint density at radius 3 is 2.62 bits per heavy atom. The second-order valence-electron chi connectivity index (χ2n) is 6.01. The molecule has 5 atom stereocenters. The highest BCUT2D eigenvalue weighted by Crippen LogP contribution is 2.46. The highest BCUT2D eigenvalue weighted by atomic mass is 32.2. The summed E-state index contributed by atoms with van der Waals surface area (Å²) >= 11 is 1.39. The Labute approximate surface area is 129 Å². The van der Waals surface area contributed by atoms with Crippen molar-refractivity contribution >= 4 is 22.8 Å². The Morgan fingerprint density at radius 1 is 1.33 bits per heavy atom. The van der Waals surface area contributed by atoms with Crippen LogP contribution in [0, 0.1) is 11.8 Å². The molecular formula is C15H24O5S. The summed E-state index contributed by atoms with van der Waals surface area (Å²) < 4.78 is 11.3. The van der Waals surface area contributed by atoms with Gasteiger partial charge in [-0.15, -0.1) is 0 Å². The Bertz CT molecular complexity index is 386. The number of carboxylic acid groups (broad SMARTS) is 1. The van der Waals surface area contributed by atoms with Crippen LogP contribution in [0.2, 0.25) is 0 Å². The van der Waals surface area contributed by atoms with Crippen molar-refractivity contribution in [2.24, 2.45) is 11.8 Å². The fourth-order valence-electron chi connectivity index (χ4n) is 3.44.